The number of benzene rings is 1. The van der Waals surface area contributed by atoms with E-state index in [9.17, 15) is 9.90 Å². The summed E-state index contributed by atoms with van der Waals surface area (Å²) in [7, 11) is 0. The normalized spacial score (nSPS) is 27.0. The number of rotatable bonds is 3. The molecule has 2 atom stereocenters. The van der Waals surface area contributed by atoms with Gasteiger partial charge in [-0.2, -0.15) is 0 Å². The Morgan fingerprint density at radius 3 is 2.89 bits per heavy atom. The molecule has 1 saturated carbocycles. The number of nitrogens with one attached hydrogen (secondary N) is 1. The molecule has 0 bridgehead atoms. The fourth-order valence-electron chi connectivity index (χ4n) is 2.96. The Morgan fingerprint density at radius 2 is 2.21 bits per heavy atom. The van der Waals surface area contributed by atoms with Gasteiger partial charge in [0, 0.05) is 12.1 Å². The maximum absolute atomic E-state index is 12.1. The molecule has 1 fully saturated rings. The van der Waals surface area contributed by atoms with E-state index in [0.717, 1.165) is 24.8 Å². The molecule has 3 heteroatoms. The van der Waals surface area contributed by atoms with Crippen molar-refractivity contribution < 1.29 is 9.90 Å². The van der Waals surface area contributed by atoms with Crippen LogP contribution >= 0.6 is 0 Å². The lowest BCUT2D eigenvalue weighted by molar-refractivity contribution is -0.0109. The van der Waals surface area contributed by atoms with Crippen LogP contribution in [0.5, 0.6) is 0 Å². The third-order valence-electron chi connectivity index (χ3n) is 4.04. The molecule has 19 heavy (non-hydrogen) atoms. The maximum atomic E-state index is 12.1. The summed E-state index contributed by atoms with van der Waals surface area (Å²) >= 11 is 0. The van der Waals surface area contributed by atoms with E-state index < -0.39 is 5.60 Å². The quantitative estimate of drug-likeness (QED) is 0.879. The van der Waals surface area contributed by atoms with Gasteiger partial charge in [0.25, 0.3) is 5.91 Å². The average molecular weight is 261 g/mol. The summed E-state index contributed by atoms with van der Waals surface area (Å²) in [5.74, 6) is 0.443. The van der Waals surface area contributed by atoms with Crippen LogP contribution in [0.1, 0.15) is 48.5 Å². The number of amides is 1. The molecule has 1 aliphatic rings. The second-order valence-electron chi connectivity index (χ2n) is 5.92. The van der Waals surface area contributed by atoms with Crippen LogP contribution in [0.15, 0.2) is 24.3 Å². The highest BCUT2D eigenvalue weighted by Gasteiger charge is 2.32. The predicted molar refractivity (Wildman–Crippen MR) is 76.1 cm³/mol. The van der Waals surface area contributed by atoms with Gasteiger partial charge in [0.1, 0.15) is 0 Å². The highest BCUT2D eigenvalue weighted by atomic mass is 16.3. The monoisotopic (exact) mass is 261 g/mol. The van der Waals surface area contributed by atoms with Crippen molar-refractivity contribution >= 4 is 5.91 Å². The van der Waals surface area contributed by atoms with Crippen LogP contribution in [0.2, 0.25) is 0 Å². The number of hydrogen-bond acceptors (Lipinski definition) is 2. The highest BCUT2D eigenvalue weighted by Crippen LogP contribution is 2.31. The summed E-state index contributed by atoms with van der Waals surface area (Å²) in [5, 5.41) is 13.4. The molecule has 2 N–H and O–H groups in total. The van der Waals surface area contributed by atoms with Gasteiger partial charge < -0.3 is 10.4 Å². The zero-order valence-electron chi connectivity index (χ0n) is 11.8. The van der Waals surface area contributed by atoms with Crippen molar-refractivity contribution in [1.29, 1.82) is 0 Å². The molecular weight excluding hydrogens is 238 g/mol. The van der Waals surface area contributed by atoms with Crippen LogP contribution < -0.4 is 5.32 Å². The topological polar surface area (TPSA) is 49.3 Å². The van der Waals surface area contributed by atoms with E-state index in [1.54, 1.807) is 0 Å². The van der Waals surface area contributed by atoms with E-state index in [1.165, 1.54) is 6.42 Å². The molecule has 1 amide bonds. The number of carbonyl (C=O) groups excluding carboxylic acids is 1. The van der Waals surface area contributed by atoms with E-state index in [2.05, 4.69) is 12.2 Å². The number of hydrogen-bond donors (Lipinski definition) is 2. The molecule has 1 aromatic carbocycles. The van der Waals surface area contributed by atoms with Crippen molar-refractivity contribution in [3.63, 3.8) is 0 Å². The highest BCUT2D eigenvalue weighted by molar-refractivity contribution is 5.95. The van der Waals surface area contributed by atoms with Gasteiger partial charge in [-0.15, -0.1) is 0 Å². The van der Waals surface area contributed by atoms with Crippen molar-refractivity contribution in [3.8, 4) is 0 Å². The average Bonchev–Trinajstić information content (AvgIpc) is 2.36. The van der Waals surface area contributed by atoms with Crippen LogP contribution in [0.4, 0.5) is 0 Å². The van der Waals surface area contributed by atoms with Gasteiger partial charge in [-0.25, -0.2) is 0 Å². The first-order valence-corrected chi connectivity index (χ1v) is 7.06. The first-order chi connectivity index (χ1) is 9.00. The number of carbonyl (C=O) groups is 1. The Labute approximate surface area is 115 Å². The van der Waals surface area contributed by atoms with Crippen LogP contribution in [0, 0.1) is 12.8 Å². The van der Waals surface area contributed by atoms with Crippen molar-refractivity contribution in [2.75, 3.05) is 6.54 Å². The van der Waals surface area contributed by atoms with Crippen LogP contribution in [0.3, 0.4) is 0 Å². The smallest absolute Gasteiger partial charge is 0.251 e. The number of aliphatic hydroxyl groups is 1. The molecule has 0 spiro atoms. The predicted octanol–water partition coefficient (Wildman–Crippen LogP) is 2.67. The Kier molecular flexibility index (Phi) is 4.25. The molecule has 104 valence electrons. The van der Waals surface area contributed by atoms with Gasteiger partial charge in [-0.1, -0.05) is 38.0 Å². The van der Waals surface area contributed by atoms with Gasteiger partial charge in [-0.05, 0) is 37.3 Å². The van der Waals surface area contributed by atoms with Gasteiger partial charge in [0.2, 0.25) is 0 Å². The Bertz CT molecular complexity index is 458. The minimum Gasteiger partial charge on any atom is -0.388 e. The minimum absolute atomic E-state index is 0.0928. The second-order valence-corrected chi connectivity index (χ2v) is 5.92. The summed E-state index contributed by atoms with van der Waals surface area (Å²) in [5.41, 5.74) is 0.926. The summed E-state index contributed by atoms with van der Waals surface area (Å²) in [6.45, 7) is 4.43. The maximum Gasteiger partial charge on any atom is 0.251 e. The fourth-order valence-corrected chi connectivity index (χ4v) is 2.96. The molecule has 0 radical (unpaired) electrons. The van der Waals surface area contributed by atoms with Gasteiger partial charge in [0.15, 0.2) is 0 Å². The molecule has 2 unspecified atom stereocenters. The van der Waals surface area contributed by atoms with Crippen LogP contribution in [0.25, 0.3) is 0 Å². The molecule has 0 saturated heterocycles. The summed E-state index contributed by atoms with van der Waals surface area (Å²) in [6.07, 6.45) is 3.78. The van der Waals surface area contributed by atoms with E-state index in [-0.39, 0.29) is 5.91 Å². The lowest BCUT2D eigenvalue weighted by atomic mass is 9.79. The van der Waals surface area contributed by atoms with Gasteiger partial charge in [0.05, 0.1) is 5.60 Å². The van der Waals surface area contributed by atoms with Crippen molar-refractivity contribution in [2.24, 2.45) is 5.92 Å². The first-order valence-electron chi connectivity index (χ1n) is 7.06. The van der Waals surface area contributed by atoms with E-state index >= 15 is 0 Å². The molecule has 0 heterocycles. The third kappa shape index (κ3) is 3.57. The summed E-state index contributed by atoms with van der Waals surface area (Å²) < 4.78 is 0. The number of aryl methyl sites for hydroxylation is 1. The van der Waals surface area contributed by atoms with E-state index in [0.29, 0.717) is 18.0 Å². The Balaban J connectivity index is 1.95. The van der Waals surface area contributed by atoms with Crippen molar-refractivity contribution in [1.82, 2.24) is 5.32 Å². The molecular formula is C16H23NO2. The Hall–Kier alpha value is -1.35. The Morgan fingerprint density at radius 1 is 1.47 bits per heavy atom. The largest absolute Gasteiger partial charge is 0.388 e. The SMILES string of the molecule is Cc1ccccc1C(=O)NCC1(O)CCCC(C)C1. The van der Waals surface area contributed by atoms with Gasteiger partial charge in [-0.3, -0.25) is 4.79 Å². The molecule has 1 aromatic rings. The summed E-state index contributed by atoms with van der Waals surface area (Å²) in [4.78, 5) is 12.1. The molecule has 2 rings (SSSR count). The first kappa shape index (κ1) is 14.1. The zero-order valence-corrected chi connectivity index (χ0v) is 11.8. The minimum atomic E-state index is -0.726. The second kappa shape index (κ2) is 5.74. The van der Waals surface area contributed by atoms with Gasteiger partial charge >= 0.3 is 0 Å². The third-order valence-corrected chi connectivity index (χ3v) is 4.04. The summed E-state index contributed by atoms with van der Waals surface area (Å²) in [6, 6.07) is 7.52. The molecule has 1 aliphatic carbocycles. The van der Waals surface area contributed by atoms with Crippen molar-refractivity contribution in [2.45, 2.75) is 45.1 Å². The lowest BCUT2D eigenvalue weighted by Crippen LogP contribution is -2.45. The standard InChI is InChI=1S/C16H23NO2/c1-12-6-5-9-16(19,10-12)11-17-15(18)14-8-4-3-7-13(14)2/h3-4,7-8,12,19H,5-6,9-11H2,1-2H3,(H,17,18). The zero-order chi connectivity index (χ0) is 13.9. The molecule has 0 aromatic heterocycles. The van der Waals surface area contributed by atoms with E-state index in [1.807, 2.05) is 31.2 Å². The molecule has 0 aliphatic heterocycles. The lowest BCUT2D eigenvalue weighted by Gasteiger charge is -2.35. The fraction of sp³-hybridized carbons (Fsp3) is 0.562. The molecule has 3 nitrogen and oxygen atoms in total. The van der Waals surface area contributed by atoms with Crippen LogP contribution in [-0.4, -0.2) is 23.2 Å². The van der Waals surface area contributed by atoms with Crippen LogP contribution in [-0.2, 0) is 0 Å². The van der Waals surface area contributed by atoms with E-state index in [4.69, 9.17) is 0 Å². The van der Waals surface area contributed by atoms with Crippen molar-refractivity contribution in [3.05, 3.63) is 35.4 Å².